The van der Waals surface area contributed by atoms with Crippen molar-refractivity contribution in [2.45, 2.75) is 38.3 Å². The van der Waals surface area contributed by atoms with Crippen molar-refractivity contribution >= 4 is 0 Å². The maximum atomic E-state index is 5.31. The SMILES string of the molecule is COc1ccccc1-c1noc(CNC2CCCC2)n1. The summed E-state index contributed by atoms with van der Waals surface area (Å²) in [5.74, 6) is 1.95. The molecule has 0 aliphatic heterocycles. The van der Waals surface area contributed by atoms with Crippen LogP contribution < -0.4 is 10.1 Å². The molecule has 0 amide bonds. The lowest BCUT2D eigenvalue weighted by atomic mass is 10.2. The number of para-hydroxylation sites is 1. The van der Waals surface area contributed by atoms with E-state index in [-0.39, 0.29) is 0 Å². The van der Waals surface area contributed by atoms with Crippen LogP contribution in [0.25, 0.3) is 11.4 Å². The summed E-state index contributed by atoms with van der Waals surface area (Å²) >= 11 is 0. The van der Waals surface area contributed by atoms with Crippen LogP contribution in [0.3, 0.4) is 0 Å². The Balaban J connectivity index is 1.69. The van der Waals surface area contributed by atoms with E-state index in [4.69, 9.17) is 9.26 Å². The highest BCUT2D eigenvalue weighted by Gasteiger charge is 2.16. The molecule has 1 saturated carbocycles. The quantitative estimate of drug-likeness (QED) is 0.907. The summed E-state index contributed by atoms with van der Waals surface area (Å²) in [6.07, 6.45) is 5.11. The highest BCUT2D eigenvalue weighted by atomic mass is 16.5. The minimum atomic E-state index is 0.575. The third kappa shape index (κ3) is 2.82. The molecular formula is C15H19N3O2. The van der Waals surface area contributed by atoms with Crippen LogP contribution in [-0.2, 0) is 6.54 Å². The number of nitrogens with zero attached hydrogens (tertiary/aromatic N) is 2. The van der Waals surface area contributed by atoms with Crippen LogP contribution in [0.5, 0.6) is 5.75 Å². The van der Waals surface area contributed by atoms with Gasteiger partial charge in [-0.25, -0.2) is 0 Å². The first-order valence-corrected chi connectivity index (χ1v) is 7.06. The molecule has 0 bridgehead atoms. The minimum Gasteiger partial charge on any atom is -0.496 e. The third-order valence-electron chi connectivity index (χ3n) is 3.71. The molecule has 1 aromatic carbocycles. The number of aromatic nitrogens is 2. The van der Waals surface area contributed by atoms with Gasteiger partial charge >= 0.3 is 0 Å². The van der Waals surface area contributed by atoms with Gasteiger partial charge in [-0.05, 0) is 25.0 Å². The zero-order valence-electron chi connectivity index (χ0n) is 11.6. The topological polar surface area (TPSA) is 60.2 Å². The molecule has 0 spiro atoms. The van der Waals surface area contributed by atoms with Crippen molar-refractivity contribution in [3.8, 4) is 17.1 Å². The van der Waals surface area contributed by atoms with Crippen molar-refractivity contribution in [2.75, 3.05) is 7.11 Å². The van der Waals surface area contributed by atoms with E-state index in [1.807, 2.05) is 24.3 Å². The Kier molecular flexibility index (Phi) is 3.97. The van der Waals surface area contributed by atoms with Crippen LogP contribution >= 0.6 is 0 Å². The van der Waals surface area contributed by atoms with Crippen molar-refractivity contribution in [1.29, 1.82) is 0 Å². The van der Waals surface area contributed by atoms with Crippen LogP contribution in [0.2, 0.25) is 0 Å². The van der Waals surface area contributed by atoms with Gasteiger partial charge in [-0.15, -0.1) is 0 Å². The zero-order valence-corrected chi connectivity index (χ0v) is 11.6. The Morgan fingerprint density at radius 2 is 2.10 bits per heavy atom. The number of nitrogens with one attached hydrogen (secondary N) is 1. The summed E-state index contributed by atoms with van der Waals surface area (Å²) < 4.78 is 10.6. The van der Waals surface area contributed by atoms with Crippen molar-refractivity contribution < 1.29 is 9.26 Å². The second kappa shape index (κ2) is 6.05. The van der Waals surface area contributed by atoms with Gasteiger partial charge in [0.05, 0.1) is 19.2 Å². The molecule has 1 aliphatic carbocycles. The van der Waals surface area contributed by atoms with Crippen LogP contribution in [-0.4, -0.2) is 23.3 Å². The molecule has 1 aliphatic rings. The lowest BCUT2D eigenvalue weighted by Crippen LogP contribution is -2.25. The molecule has 2 aromatic rings. The molecule has 5 heteroatoms. The molecule has 0 radical (unpaired) electrons. The average molecular weight is 273 g/mol. The molecular weight excluding hydrogens is 254 g/mol. The molecule has 1 fully saturated rings. The largest absolute Gasteiger partial charge is 0.496 e. The summed E-state index contributed by atoms with van der Waals surface area (Å²) in [6, 6.07) is 8.27. The summed E-state index contributed by atoms with van der Waals surface area (Å²) in [6.45, 7) is 0.632. The molecule has 106 valence electrons. The van der Waals surface area contributed by atoms with Gasteiger partial charge < -0.3 is 14.6 Å². The van der Waals surface area contributed by atoms with E-state index in [1.165, 1.54) is 25.7 Å². The van der Waals surface area contributed by atoms with E-state index in [9.17, 15) is 0 Å². The Labute approximate surface area is 118 Å². The second-order valence-electron chi connectivity index (χ2n) is 5.07. The molecule has 20 heavy (non-hydrogen) atoms. The van der Waals surface area contributed by atoms with Gasteiger partial charge in [0, 0.05) is 6.04 Å². The maximum absolute atomic E-state index is 5.31. The first kappa shape index (κ1) is 13.1. The normalized spacial score (nSPS) is 15.7. The fourth-order valence-electron chi connectivity index (χ4n) is 2.63. The number of rotatable bonds is 5. The molecule has 3 rings (SSSR count). The van der Waals surface area contributed by atoms with Gasteiger partial charge in [0.25, 0.3) is 0 Å². The standard InChI is InChI=1S/C15H19N3O2/c1-19-13-9-5-4-8-12(13)15-17-14(20-18-15)10-16-11-6-2-3-7-11/h4-5,8-9,11,16H,2-3,6-7,10H2,1H3. The fourth-order valence-corrected chi connectivity index (χ4v) is 2.63. The molecule has 1 heterocycles. The van der Waals surface area contributed by atoms with Crippen molar-refractivity contribution in [3.63, 3.8) is 0 Å². The lowest BCUT2D eigenvalue weighted by Gasteiger charge is -2.08. The number of hydrogen-bond acceptors (Lipinski definition) is 5. The van der Waals surface area contributed by atoms with E-state index in [0.29, 0.717) is 24.3 Å². The van der Waals surface area contributed by atoms with Gasteiger partial charge in [0.1, 0.15) is 5.75 Å². The van der Waals surface area contributed by atoms with E-state index in [1.54, 1.807) is 7.11 Å². The lowest BCUT2D eigenvalue weighted by molar-refractivity contribution is 0.357. The summed E-state index contributed by atoms with van der Waals surface area (Å²) in [5, 5.41) is 7.50. The Hall–Kier alpha value is -1.88. The van der Waals surface area contributed by atoms with Crippen LogP contribution in [0.4, 0.5) is 0 Å². The molecule has 0 saturated heterocycles. The smallest absolute Gasteiger partial charge is 0.240 e. The molecule has 1 N–H and O–H groups in total. The summed E-state index contributed by atoms with van der Waals surface area (Å²) in [7, 11) is 1.64. The summed E-state index contributed by atoms with van der Waals surface area (Å²) in [4.78, 5) is 4.43. The van der Waals surface area contributed by atoms with Gasteiger partial charge in [-0.2, -0.15) is 4.98 Å². The molecule has 0 unspecified atom stereocenters. The Morgan fingerprint density at radius 1 is 1.30 bits per heavy atom. The van der Waals surface area contributed by atoms with Crippen LogP contribution in [0.15, 0.2) is 28.8 Å². The Morgan fingerprint density at radius 3 is 2.90 bits per heavy atom. The molecule has 0 atom stereocenters. The fraction of sp³-hybridized carbons (Fsp3) is 0.467. The van der Waals surface area contributed by atoms with Crippen LogP contribution in [0, 0.1) is 0 Å². The zero-order chi connectivity index (χ0) is 13.8. The highest BCUT2D eigenvalue weighted by Crippen LogP contribution is 2.27. The van der Waals surface area contributed by atoms with E-state index in [2.05, 4.69) is 15.5 Å². The second-order valence-corrected chi connectivity index (χ2v) is 5.07. The number of methoxy groups -OCH3 is 1. The van der Waals surface area contributed by atoms with Crippen LogP contribution in [0.1, 0.15) is 31.6 Å². The van der Waals surface area contributed by atoms with Gasteiger partial charge in [-0.3, -0.25) is 0 Å². The van der Waals surface area contributed by atoms with Crippen molar-refractivity contribution in [2.24, 2.45) is 0 Å². The number of hydrogen-bond donors (Lipinski definition) is 1. The summed E-state index contributed by atoms with van der Waals surface area (Å²) in [5.41, 5.74) is 0.853. The van der Waals surface area contributed by atoms with Gasteiger partial charge in [0.15, 0.2) is 0 Å². The van der Waals surface area contributed by atoms with E-state index in [0.717, 1.165) is 11.3 Å². The minimum absolute atomic E-state index is 0.575. The third-order valence-corrected chi connectivity index (χ3v) is 3.71. The Bertz CT molecular complexity index is 562. The van der Waals surface area contributed by atoms with Crippen molar-refractivity contribution in [1.82, 2.24) is 15.5 Å². The van der Waals surface area contributed by atoms with E-state index < -0.39 is 0 Å². The van der Waals surface area contributed by atoms with Gasteiger partial charge in [0.2, 0.25) is 11.7 Å². The highest BCUT2D eigenvalue weighted by molar-refractivity contribution is 5.63. The predicted molar refractivity (Wildman–Crippen MR) is 75.4 cm³/mol. The first-order chi connectivity index (χ1) is 9.86. The number of ether oxygens (including phenoxy) is 1. The van der Waals surface area contributed by atoms with Crippen molar-refractivity contribution in [3.05, 3.63) is 30.2 Å². The molecule has 1 aromatic heterocycles. The number of benzene rings is 1. The maximum Gasteiger partial charge on any atom is 0.240 e. The monoisotopic (exact) mass is 273 g/mol. The predicted octanol–water partition coefficient (Wildman–Crippen LogP) is 2.78. The van der Waals surface area contributed by atoms with Gasteiger partial charge in [-0.1, -0.05) is 30.1 Å². The average Bonchev–Trinajstić information content (AvgIpc) is 3.16. The van der Waals surface area contributed by atoms with E-state index >= 15 is 0 Å². The molecule has 5 nitrogen and oxygen atoms in total. The first-order valence-electron chi connectivity index (χ1n) is 7.06.